The van der Waals surface area contributed by atoms with Crippen molar-refractivity contribution in [3.05, 3.63) is 60.0 Å². The van der Waals surface area contributed by atoms with Crippen LogP contribution in [0.25, 0.3) is 10.4 Å². The first kappa shape index (κ1) is 37.5. The summed E-state index contributed by atoms with van der Waals surface area (Å²) in [4.78, 5) is 63.3. The fraction of sp³-hybridized carbons (Fsp3) is 0.541. The predicted molar refractivity (Wildman–Crippen MR) is 197 cm³/mol. The number of hydrogen-bond donors (Lipinski definition) is 3. The summed E-state index contributed by atoms with van der Waals surface area (Å²) in [5.41, 5.74) is -0.521. The largest absolute Gasteiger partial charge is 0.446 e. The predicted octanol–water partition coefficient (Wildman–Crippen LogP) is 4.49. The van der Waals surface area contributed by atoms with Crippen molar-refractivity contribution < 1.29 is 37.2 Å². The maximum absolute atomic E-state index is 14.4. The van der Waals surface area contributed by atoms with Crippen LogP contribution in [0.2, 0.25) is 0 Å². The van der Waals surface area contributed by atoms with Gasteiger partial charge in [-0.05, 0) is 61.8 Å². The fourth-order valence-electron chi connectivity index (χ4n) is 6.95. The molecule has 4 amide bonds. The molecule has 0 bridgehead atoms. The van der Waals surface area contributed by atoms with Crippen molar-refractivity contribution in [1.29, 1.82) is 0 Å². The van der Waals surface area contributed by atoms with Crippen LogP contribution < -0.4 is 15.4 Å². The van der Waals surface area contributed by atoms with E-state index in [4.69, 9.17) is 9.57 Å². The van der Waals surface area contributed by atoms with Crippen LogP contribution in [0.1, 0.15) is 77.7 Å². The molecule has 1 saturated heterocycles. The van der Waals surface area contributed by atoms with Gasteiger partial charge in [0.05, 0.1) is 18.0 Å². The van der Waals surface area contributed by atoms with Crippen LogP contribution in [0.15, 0.2) is 59.6 Å². The average molecular weight is 754 g/mol. The molecule has 4 fully saturated rings. The Morgan fingerprint density at radius 2 is 1.79 bits per heavy atom. The standard InChI is InChI=1S/C37H47N5O8S2/c1-5-24-20-37(24,34(45)41-52(47,48)27-16-17-27)40-32(43)29-19-26(50-38-21-23-11-6-9-14-28(23)30-15-10-18-51-30)22-42(29)33(44)31(36(2,3)4)39-35(46)49-25-12-7-8-13-25/h5-6,9-11,14-15,18,21,24-27,29,31H,1,7-8,12-13,16-17,19-20,22H2,2-4H3,(H,39,46)(H,40,43)(H,41,45)/b38-21+/t24-,26-,29+,31-,37+/m1/s1. The van der Waals surface area contributed by atoms with Crippen LogP contribution >= 0.6 is 11.3 Å². The molecule has 280 valence electrons. The lowest BCUT2D eigenvalue weighted by molar-refractivity contribution is -0.143. The highest BCUT2D eigenvalue weighted by molar-refractivity contribution is 7.91. The van der Waals surface area contributed by atoms with Crippen LogP contribution in [0, 0.1) is 11.3 Å². The Kier molecular flexibility index (Phi) is 10.8. The molecule has 0 unspecified atom stereocenters. The van der Waals surface area contributed by atoms with Gasteiger partial charge >= 0.3 is 6.09 Å². The molecular weight excluding hydrogens is 707 g/mol. The Hall–Kier alpha value is -4.24. The van der Waals surface area contributed by atoms with Gasteiger partial charge in [0.25, 0.3) is 5.91 Å². The molecule has 1 aromatic carbocycles. The maximum Gasteiger partial charge on any atom is 0.408 e. The lowest BCUT2D eigenvalue weighted by atomic mass is 9.85. The van der Waals surface area contributed by atoms with Crippen molar-refractivity contribution >= 4 is 51.4 Å². The molecule has 3 aliphatic carbocycles. The summed E-state index contributed by atoms with van der Waals surface area (Å²) in [6.45, 7) is 9.14. The van der Waals surface area contributed by atoms with Gasteiger partial charge in [0.2, 0.25) is 21.8 Å². The van der Waals surface area contributed by atoms with E-state index in [1.165, 1.54) is 11.0 Å². The zero-order valence-electron chi connectivity index (χ0n) is 29.7. The first-order chi connectivity index (χ1) is 24.7. The summed E-state index contributed by atoms with van der Waals surface area (Å²) in [6, 6.07) is 9.50. The second-order valence-electron chi connectivity index (χ2n) is 15.2. The zero-order valence-corrected chi connectivity index (χ0v) is 31.3. The number of hydrogen-bond acceptors (Lipinski definition) is 10. The Morgan fingerprint density at radius 3 is 2.42 bits per heavy atom. The second kappa shape index (κ2) is 15.0. The number of benzene rings is 1. The second-order valence-corrected chi connectivity index (χ2v) is 18.1. The highest BCUT2D eigenvalue weighted by Crippen LogP contribution is 2.45. The van der Waals surface area contributed by atoms with Gasteiger partial charge in [0.1, 0.15) is 29.8 Å². The Labute approximate surface area is 308 Å². The van der Waals surface area contributed by atoms with E-state index in [-0.39, 0.29) is 25.5 Å². The summed E-state index contributed by atoms with van der Waals surface area (Å²) in [5.74, 6) is -2.53. The number of oxime groups is 1. The van der Waals surface area contributed by atoms with Crippen molar-refractivity contribution in [2.45, 2.75) is 107 Å². The summed E-state index contributed by atoms with van der Waals surface area (Å²) in [5, 5.41) is 11.2. The third kappa shape index (κ3) is 8.35. The lowest BCUT2D eigenvalue weighted by Gasteiger charge is -2.35. The van der Waals surface area contributed by atoms with Gasteiger partial charge in [-0.1, -0.05) is 62.3 Å². The number of carbonyl (C=O) groups excluding carboxylic acids is 4. The minimum atomic E-state index is -3.88. The molecule has 6 rings (SSSR count). The maximum atomic E-state index is 14.4. The fourth-order valence-corrected chi connectivity index (χ4v) is 9.09. The molecule has 1 aromatic heterocycles. The molecule has 13 nitrogen and oxygen atoms in total. The average Bonchev–Trinajstić information content (AvgIpc) is 3.84. The number of ether oxygens (including phenoxy) is 1. The van der Waals surface area contributed by atoms with Crippen LogP contribution in [-0.4, -0.2) is 85.0 Å². The van der Waals surface area contributed by atoms with E-state index in [0.717, 1.165) is 41.7 Å². The first-order valence-corrected chi connectivity index (χ1v) is 20.2. The number of rotatable bonds is 13. The van der Waals surface area contributed by atoms with Gasteiger partial charge in [0.15, 0.2) is 0 Å². The molecule has 52 heavy (non-hydrogen) atoms. The van der Waals surface area contributed by atoms with Gasteiger partial charge in [-0.3, -0.25) is 19.1 Å². The number of carbonyl (C=O) groups is 4. The molecule has 0 radical (unpaired) electrons. The summed E-state index contributed by atoms with van der Waals surface area (Å²) in [6.07, 6.45) is 6.02. The minimum Gasteiger partial charge on any atom is -0.446 e. The van der Waals surface area contributed by atoms with Crippen molar-refractivity contribution in [1.82, 2.24) is 20.3 Å². The van der Waals surface area contributed by atoms with Gasteiger partial charge in [-0.25, -0.2) is 13.2 Å². The van der Waals surface area contributed by atoms with Gasteiger partial charge in [-0.2, -0.15) is 0 Å². The zero-order chi connectivity index (χ0) is 37.3. The highest BCUT2D eigenvalue weighted by Gasteiger charge is 2.62. The highest BCUT2D eigenvalue weighted by atomic mass is 32.2. The van der Waals surface area contributed by atoms with Crippen LogP contribution in [-0.2, 0) is 34.0 Å². The lowest BCUT2D eigenvalue weighted by Crippen LogP contribution is -2.60. The smallest absolute Gasteiger partial charge is 0.408 e. The van der Waals surface area contributed by atoms with E-state index in [1.54, 1.807) is 38.3 Å². The quantitative estimate of drug-likeness (QED) is 0.153. The van der Waals surface area contributed by atoms with E-state index in [9.17, 15) is 27.6 Å². The Morgan fingerprint density at radius 1 is 1.06 bits per heavy atom. The molecule has 1 aliphatic heterocycles. The molecule has 0 spiro atoms. The van der Waals surface area contributed by atoms with E-state index in [1.807, 2.05) is 41.8 Å². The van der Waals surface area contributed by atoms with Crippen LogP contribution in [0.5, 0.6) is 0 Å². The third-order valence-electron chi connectivity index (χ3n) is 10.2. The van der Waals surface area contributed by atoms with Gasteiger partial charge in [0, 0.05) is 28.3 Å². The van der Waals surface area contributed by atoms with Crippen LogP contribution in [0.3, 0.4) is 0 Å². The van der Waals surface area contributed by atoms with Gasteiger partial charge in [-0.15, -0.1) is 17.9 Å². The van der Waals surface area contributed by atoms with E-state index < -0.39 is 74.1 Å². The number of amides is 4. The van der Waals surface area contributed by atoms with Crippen molar-refractivity contribution in [3.63, 3.8) is 0 Å². The van der Waals surface area contributed by atoms with E-state index in [2.05, 4.69) is 27.1 Å². The normalized spacial score (nSPS) is 25.4. The summed E-state index contributed by atoms with van der Waals surface area (Å²) >= 11 is 1.60. The first-order valence-electron chi connectivity index (χ1n) is 17.8. The number of thiophene rings is 1. The topological polar surface area (TPSA) is 173 Å². The number of alkyl carbamates (subject to hydrolysis) is 1. The molecule has 15 heteroatoms. The molecule has 2 aromatic rings. The Balaban J connectivity index is 1.23. The number of sulfonamides is 1. The molecule has 4 aliphatic rings. The monoisotopic (exact) mass is 753 g/mol. The SMILES string of the molecule is C=C[C@@H]1C[C@@]1(NC(=O)[C@@H]1C[C@@H](O/N=C/c2ccccc2-c2cccs2)CN1C(=O)[C@@H](NC(=O)OC1CCCC1)C(C)(C)C)C(=O)NS(=O)(=O)C1CC1. The molecule has 2 heterocycles. The molecule has 5 atom stereocenters. The van der Waals surface area contributed by atoms with E-state index in [0.29, 0.717) is 12.8 Å². The van der Waals surface area contributed by atoms with Crippen LogP contribution in [0.4, 0.5) is 4.79 Å². The van der Waals surface area contributed by atoms with Gasteiger partial charge < -0.3 is 25.1 Å². The number of likely N-dealkylation sites (tertiary alicyclic amines) is 1. The molecular formula is C37H47N5O8S2. The van der Waals surface area contributed by atoms with Crippen molar-refractivity contribution in [2.24, 2.45) is 16.5 Å². The Bertz CT molecular complexity index is 1810. The van der Waals surface area contributed by atoms with Crippen molar-refractivity contribution in [2.75, 3.05) is 6.54 Å². The molecule has 3 N–H and O–H groups in total. The van der Waals surface area contributed by atoms with Crippen molar-refractivity contribution in [3.8, 4) is 10.4 Å². The summed E-state index contributed by atoms with van der Waals surface area (Å²) in [7, 11) is -3.88. The summed E-state index contributed by atoms with van der Waals surface area (Å²) < 4.78 is 33.1. The van der Waals surface area contributed by atoms with E-state index >= 15 is 0 Å². The number of nitrogens with one attached hydrogen (secondary N) is 3. The number of nitrogens with zero attached hydrogens (tertiary/aromatic N) is 2. The third-order valence-corrected chi connectivity index (χ3v) is 12.9. The minimum absolute atomic E-state index is 0.0295. The molecule has 3 saturated carbocycles.